The van der Waals surface area contributed by atoms with Crippen LogP contribution in [0.1, 0.15) is 0 Å². The van der Waals surface area contributed by atoms with Crippen LogP contribution in [-0.4, -0.2) is 9.97 Å². The summed E-state index contributed by atoms with van der Waals surface area (Å²) < 4.78 is 6.75. The van der Waals surface area contributed by atoms with Crippen molar-refractivity contribution in [2.45, 2.75) is 0 Å². The first kappa shape index (κ1) is 28.0. The van der Waals surface area contributed by atoms with Gasteiger partial charge in [0.15, 0.2) is 5.82 Å². The summed E-state index contributed by atoms with van der Waals surface area (Å²) in [7, 11) is 0. The van der Waals surface area contributed by atoms with E-state index in [1.54, 1.807) is 0 Å². The Morgan fingerprint density at radius 1 is 0.333 bits per heavy atom. The van der Waals surface area contributed by atoms with Crippen LogP contribution in [0.15, 0.2) is 174 Å². The van der Waals surface area contributed by atoms with Crippen LogP contribution in [0.25, 0.3) is 110 Å². The van der Waals surface area contributed by atoms with Crippen molar-refractivity contribution >= 4 is 65.2 Å². The third-order valence-corrected chi connectivity index (χ3v) is 10.4. The van der Waals surface area contributed by atoms with Crippen LogP contribution in [0.5, 0.6) is 0 Å². The standard InChI is InChI=1S/C48H28N2O/c1-3-12-29(13-4-1)34-25-40-37-20-9-10-21-38(37)41-26-35(28-43-45(41)44(40)42(27-34)51-43)32-17-11-18-33(24-32)48-49-46(31-15-5-2-6-16-31)39-23-22-30-14-7-8-19-36(30)47(39)50-48/h1-28H. The predicted molar refractivity (Wildman–Crippen MR) is 212 cm³/mol. The highest BCUT2D eigenvalue weighted by atomic mass is 16.3. The van der Waals surface area contributed by atoms with Crippen molar-refractivity contribution in [3.8, 4) is 44.9 Å². The monoisotopic (exact) mass is 648 g/mol. The van der Waals surface area contributed by atoms with Gasteiger partial charge in [0.2, 0.25) is 0 Å². The molecule has 3 nitrogen and oxygen atoms in total. The van der Waals surface area contributed by atoms with E-state index in [2.05, 4.69) is 164 Å². The first-order valence-corrected chi connectivity index (χ1v) is 17.3. The lowest BCUT2D eigenvalue weighted by atomic mass is 9.90. The van der Waals surface area contributed by atoms with Crippen LogP contribution >= 0.6 is 0 Å². The molecule has 3 heteroatoms. The average molecular weight is 649 g/mol. The fraction of sp³-hybridized carbons (Fsp3) is 0. The second kappa shape index (κ2) is 10.8. The molecule has 0 aliphatic heterocycles. The molecular formula is C48H28N2O. The van der Waals surface area contributed by atoms with Gasteiger partial charge in [-0.05, 0) is 85.6 Å². The number of aromatic nitrogens is 2. The predicted octanol–water partition coefficient (Wildman–Crippen LogP) is 13.1. The van der Waals surface area contributed by atoms with Crippen LogP contribution in [0.3, 0.4) is 0 Å². The Morgan fingerprint density at radius 3 is 1.61 bits per heavy atom. The van der Waals surface area contributed by atoms with Gasteiger partial charge in [0, 0.05) is 32.7 Å². The smallest absolute Gasteiger partial charge is 0.160 e. The van der Waals surface area contributed by atoms with Crippen molar-refractivity contribution in [2.24, 2.45) is 0 Å². The van der Waals surface area contributed by atoms with Gasteiger partial charge in [-0.1, -0.05) is 133 Å². The normalized spacial score (nSPS) is 11.9. The van der Waals surface area contributed by atoms with Crippen LogP contribution in [-0.2, 0) is 0 Å². The molecule has 0 saturated carbocycles. The highest BCUT2D eigenvalue weighted by molar-refractivity contribution is 6.34. The molecule has 0 saturated heterocycles. The molecule has 0 spiro atoms. The van der Waals surface area contributed by atoms with Gasteiger partial charge in [-0.2, -0.15) is 0 Å². The van der Waals surface area contributed by atoms with E-state index in [0.717, 1.165) is 66.4 Å². The fourth-order valence-electron chi connectivity index (χ4n) is 8.01. The molecule has 236 valence electrons. The fourth-order valence-corrected chi connectivity index (χ4v) is 8.01. The van der Waals surface area contributed by atoms with Gasteiger partial charge in [0.1, 0.15) is 11.2 Å². The lowest BCUT2D eigenvalue weighted by Gasteiger charge is -2.13. The van der Waals surface area contributed by atoms with Crippen molar-refractivity contribution in [3.05, 3.63) is 170 Å². The van der Waals surface area contributed by atoms with Crippen molar-refractivity contribution in [3.63, 3.8) is 0 Å². The molecule has 0 N–H and O–H groups in total. The minimum absolute atomic E-state index is 0.703. The lowest BCUT2D eigenvalue weighted by molar-refractivity contribution is 0.669. The minimum atomic E-state index is 0.703. The van der Waals surface area contributed by atoms with E-state index in [0.29, 0.717) is 5.82 Å². The molecule has 0 unspecified atom stereocenters. The summed E-state index contributed by atoms with van der Waals surface area (Å²) in [4.78, 5) is 10.5. The quantitative estimate of drug-likeness (QED) is 0.178. The summed E-state index contributed by atoms with van der Waals surface area (Å²) in [6, 6.07) is 60.1. The van der Waals surface area contributed by atoms with Crippen molar-refractivity contribution in [1.29, 1.82) is 0 Å². The zero-order valence-electron chi connectivity index (χ0n) is 27.5. The molecule has 51 heavy (non-hydrogen) atoms. The highest BCUT2D eigenvalue weighted by Gasteiger charge is 2.20. The Bertz CT molecular complexity index is 3130. The van der Waals surface area contributed by atoms with Gasteiger partial charge in [-0.3, -0.25) is 0 Å². The minimum Gasteiger partial charge on any atom is -0.456 e. The summed E-state index contributed by atoms with van der Waals surface area (Å²) in [5.74, 6) is 0.703. The number of hydrogen-bond donors (Lipinski definition) is 0. The third-order valence-electron chi connectivity index (χ3n) is 10.4. The van der Waals surface area contributed by atoms with Gasteiger partial charge in [-0.15, -0.1) is 0 Å². The van der Waals surface area contributed by atoms with E-state index in [4.69, 9.17) is 14.4 Å². The maximum Gasteiger partial charge on any atom is 0.160 e. The second-order valence-corrected chi connectivity index (χ2v) is 13.3. The molecule has 0 radical (unpaired) electrons. The molecule has 9 aromatic carbocycles. The molecule has 0 bridgehead atoms. The van der Waals surface area contributed by atoms with E-state index in [9.17, 15) is 0 Å². The van der Waals surface area contributed by atoms with E-state index in [1.807, 2.05) is 6.07 Å². The number of fused-ring (bicyclic) bond motifs is 6. The largest absolute Gasteiger partial charge is 0.456 e. The Labute approximate surface area is 293 Å². The van der Waals surface area contributed by atoms with Crippen LogP contribution in [0, 0.1) is 0 Å². The van der Waals surface area contributed by atoms with E-state index < -0.39 is 0 Å². The highest BCUT2D eigenvalue weighted by Crippen LogP contribution is 2.46. The lowest BCUT2D eigenvalue weighted by Crippen LogP contribution is -1.96. The van der Waals surface area contributed by atoms with Gasteiger partial charge >= 0.3 is 0 Å². The maximum atomic E-state index is 6.75. The molecular weight excluding hydrogens is 621 g/mol. The number of benzene rings is 9. The summed E-state index contributed by atoms with van der Waals surface area (Å²) in [6.45, 7) is 0. The molecule has 0 aliphatic rings. The molecule has 2 aromatic heterocycles. The Hall–Kier alpha value is -6.84. The van der Waals surface area contributed by atoms with Crippen molar-refractivity contribution in [2.75, 3.05) is 0 Å². The van der Waals surface area contributed by atoms with Crippen LogP contribution in [0.4, 0.5) is 0 Å². The molecule has 0 atom stereocenters. The molecule has 0 aliphatic carbocycles. The number of furan rings is 1. The summed E-state index contributed by atoms with van der Waals surface area (Å²) in [5.41, 5.74) is 10.2. The van der Waals surface area contributed by atoms with E-state index in [1.165, 1.54) is 37.9 Å². The van der Waals surface area contributed by atoms with Gasteiger partial charge in [-0.25, -0.2) is 9.97 Å². The number of rotatable bonds is 4. The molecule has 11 rings (SSSR count). The Balaban J connectivity index is 1.13. The topological polar surface area (TPSA) is 38.9 Å². The average Bonchev–Trinajstić information content (AvgIpc) is 3.59. The molecule has 0 amide bonds. The SMILES string of the molecule is c1ccc(-c2cc3oc4cc(-c5cccc(-c6nc(-c7ccccc7)c7ccc8ccccc8c7n6)c5)cc5c6ccccc6c(c2)c3c45)cc1. The Morgan fingerprint density at radius 2 is 0.902 bits per heavy atom. The van der Waals surface area contributed by atoms with Gasteiger partial charge < -0.3 is 4.42 Å². The summed E-state index contributed by atoms with van der Waals surface area (Å²) in [5, 5.41) is 10.6. The van der Waals surface area contributed by atoms with Crippen molar-refractivity contribution < 1.29 is 4.42 Å². The van der Waals surface area contributed by atoms with Crippen LogP contribution < -0.4 is 0 Å². The summed E-state index contributed by atoms with van der Waals surface area (Å²) >= 11 is 0. The summed E-state index contributed by atoms with van der Waals surface area (Å²) in [6.07, 6.45) is 0. The first-order valence-electron chi connectivity index (χ1n) is 17.3. The molecule has 11 aromatic rings. The van der Waals surface area contributed by atoms with Gasteiger partial charge in [0.05, 0.1) is 11.2 Å². The zero-order valence-corrected chi connectivity index (χ0v) is 27.5. The van der Waals surface area contributed by atoms with E-state index in [-0.39, 0.29) is 0 Å². The second-order valence-electron chi connectivity index (χ2n) is 13.3. The third kappa shape index (κ3) is 4.32. The Kier molecular flexibility index (Phi) is 5.96. The molecule has 2 heterocycles. The number of nitrogens with zero attached hydrogens (tertiary/aromatic N) is 2. The van der Waals surface area contributed by atoms with Gasteiger partial charge in [0.25, 0.3) is 0 Å². The van der Waals surface area contributed by atoms with Crippen molar-refractivity contribution in [1.82, 2.24) is 9.97 Å². The molecule has 0 fully saturated rings. The maximum absolute atomic E-state index is 6.75. The zero-order chi connectivity index (χ0) is 33.5. The number of hydrogen-bond acceptors (Lipinski definition) is 3. The first-order chi connectivity index (χ1) is 25.3. The van der Waals surface area contributed by atoms with E-state index >= 15 is 0 Å². The van der Waals surface area contributed by atoms with Crippen LogP contribution in [0.2, 0.25) is 0 Å².